The number of rotatable bonds is 6. The molecule has 4 rings (SSSR count). The van der Waals surface area contributed by atoms with Crippen LogP contribution in [0.5, 0.6) is 17.2 Å². The van der Waals surface area contributed by atoms with Gasteiger partial charge in [0.25, 0.3) is 5.91 Å². The smallest absolute Gasteiger partial charge is 0.255 e. The first-order chi connectivity index (χ1) is 15.4. The molecule has 166 valence electrons. The van der Waals surface area contributed by atoms with Crippen molar-refractivity contribution >= 4 is 21.6 Å². The number of amides is 1. The van der Waals surface area contributed by atoms with Crippen LogP contribution in [0.2, 0.25) is 0 Å². The molecule has 0 saturated carbocycles. The van der Waals surface area contributed by atoms with Gasteiger partial charge in [-0.2, -0.15) is 4.31 Å². The number of para-hydroxylation sites is 1. The van der Waals surface area contributed by atoms with E-state index >= 15 is 0 Å². The van der Waals surface area contributed by atoms with Gasteiger partial charge in [0.05, 0.1) is 23.8 Å². The molecule has 9 heteroatoms. The minimum Gasteiger partial charge on any atom is -0.506 e. The number of phenols is 1. The summed E-state index contributed by atoms with van der Waals surface area (Å²) in [5.41, 5.74) is 0.290. The molecule has 0 atom stereocenters. The first-order valence-corrected chi connectivity index (χ1v) is 11.4. The molecule has 3 aromatic carbocycles. The molecule has 32 heavy (non-hydrogen) atoms. The lowest BCUT2D eigenvalue weighted by Crippen LogP contribution is -2.40. The third-order valence-corrected chi connectivity index (χ3v) is 6.79. The molecule has 2 N–H and O–H groups in total. The number of sulfonamides is 1. The van der Waals surface area contributed by atoms with E-state index in [1.54, 1.807) is 36.4 Å². The number of aromatic hydroxyl groups is 1. The summed E-state index contributed by atoms with van der Waals surface area (Å²) in [6.45, 7) is 1.14. The van der Waals surface area contributed by atoms with E-state index in [-0.39, 0.29) is 29.4 Å². The van der Waals surface area contributed by atoms with Gasteiger partial charge in [-0.05, 0) is 48.5 Å². The quantitative estimate of drug-likeness (QED) is 0.553. The number of carbonyl (C=O) groups excluding carboxylic acids is 1. The highest BCUT2D eigenvalue weighted by Gasteiger charge is 2.27. The molecule has 1 aliphatic rings. The highest BCUT2D eigenvalue weighted by Crippen LogP contribution is 2.29. The summed E-state index contributed by atoms with van der Waals surface area (Å²) in [6.07, 6.45) is 0. The number of anilines is 1. The van der Waals surface area contributed by atoms with Crippen LogP contribution in [0.3, 0.4) is 0 Å². The van der Waals surface area contributed by atoms with Crippen LogP contribution < -0.4 is 10.1 Å². The molecule has 0 bridgehead atoms. The molecule has 0 radical (unpaired) electrons. The van der Waals surface area contributed by atoms with E-state index in [0.717, 1.165) is 0 Å². The number of hydrogen-bond acceptors (Lipinski definition) is 6. The maximum absolute atomic E-state index is 12.9. The van der Waals surface area contributed by atoms with E-state index in [4.69, 9.17) is 9.47 Å². The number of morpholine rings is 1. The van der Waals surface area contributed by atoms with Crippen molar-refractivity contribution in [2.45, 2.75) is 4.90 Å². The zero-order valence-electron chi connectivity index (χ0n) is 17.1. The van der Waals surface area contributed by atoms with E-state index in [1.807, 2.05) is 18.2 Å². The second-order valence-electron chi connectivity index (χ2n) is 7.09. The largest absolute Gasteiger partial charge is 0.506 e. The van der Waals surface area contributed by atoms with Gasteiger partial charge < -0.3 is 19.9 Å². The van der Waals surface area contributed by atoms with Crippen LogP contribution in [0.15, 0.2) is 77.7 Å². The van der Waals surface area contributed by atoms with Crippen LogP contribution in [-0.4, -0.2) is 50.0 Å². The molecular weight excluding hydrogens is 432 g/mol. The number of phenolic OH excluding ortho intramolecular Hbond substituents is 1. The number of nitrogens with zero attached hydrogens (tertiary/aromatic N) is 1. The van der Waals surface area contributed by atoms with E-state index in [1.165, 1.54) is 22.5 Å². The Balaban J connectivity index is 1.53. The molecule has 1 aliphatic heterocycles. The molecule has 1 heterocycles. The fourth-order valence-electron chi connectivity index (χ4n) is 3.23. The number of benzene rings is 3. The molecule has 0 spiro atoms. The zero-order chi connectivity index (χ0) is 22.6. The Morgan fingerprint density at radius 1 is 0.938 bits per heavy atom. The summed E-state index contributed by atoms with van der Waals surface area (Å²) in [6, 6.07) is 19.5. The average molecular weight is 455 g/mol. The van der Waals surface area contributed by atoms with Crippen LogP contribution in [-0.2, 0) is 14.8 Å². The van der Waals surface area contributed by atoms with Gasteiger partial charge in [-0.1, -0.05) is 24.3 Å². The average Bonchev–Trinajstić information content (AvgIpc) is 2.82. The molecule has 0 unspecified atom stereocenters. The first-order valence-electron chi connectivity index (χ1n) is 9.99. The second kappa shape index (κ2) is 9.39. The Hall–Kier alpha value is -3.40. The lowest BCUT2D eigenvalue weighted by molar-refractivity contribution is 0.0730. The monoisotopic (exact) mass is 454 g/mol. The Labute approximate surface area is 186 Å². The van der Waals surface area contributed by atoms with Gasteiger partial charge in [-0.3, -0.25) is 4.79 Å². The predicted octanol–water partition coefficient (Wildman–Crippen LogP) is 3.46. The van der Waals surface area contributed by atoms with E-state index < -0.39 is 15.9 Å². The van der Waals surface area contributed by atoms with Crippen LogP contribution in [0.1, 0.15) is 10.4 Å². The number of nitrogens with one attached hydrogen (secondary N) is 1. The van der Waals surface area contributed by atoms with Gasteiger partial charge in [0.2, 0.25) is 10.0 Å². The molecule has 1 fully saturated rings. The van der Waals surface area contributed by atoms with Crippen LogP contribution in [0.25, 0.3) is 0 Å². The molecule has 0 aromatic heterocycles. The number of carbonyl (C=O) groups is 1. The van der Waals surface area contributed by atoms with Crippen molar-refractivity contribution in [2.24, 2.45) is 0 Å². The normalized spacial score (nSPS) is 14.6. The number of hydrogen-bond donors (Lipinski definition) is 2. The van der Waals surface area contributed by atoms with Crippen molar-refractivity contribution in [3.05, 3.63) is 78.4 Å². The van der Waals surface area contributed by atoms with Crippen LogP contribution in [0, 0.1) is 0 Å². The topological polar surface area (TPSA) is 105 Å². The summed E-state index contributed by atoms with van der Waals surface area (Å²) < 4.78 is 38.0. The van der Waals surface area contributed by atoms with Crippen LogP contribution >= 0.6 is 0 Å². The van der Waals surface area contributed by atoms with Gasteiger partial charge in [0.15, 0.2) is 0 Å². The van der Waals surface area contributed by atoms with Gasteiger partial charge in [0.1, 0.15) is 17.2 Å². The van der Waals surface area contributed by atoms with E-state index in [2.05, 4.69) is 5.32 Å². The summed E-state index contributed by atoms with van der Waals surface area (Å²) in [5, 5.41) is 12.8. The standard InChI is InChI=1S/C23H22N2O6S/c26-22-10-9-20(32(28,29)25-11-13-30-14-12-25)16-21(22)24-23(27)17-5-4-8-19(15-17)31-18-6-2-1-3-7-18/h1-10,15-16,26H,11-14H2,(H,24,27). The first kappa shape index (κ1) is 21.8. The fraction of sp³-hybridized carbons (Fsp3) is 0.174. The summed E-state index contributed by atoms with van der Waals surface area (Å²) in [4.78, 5) is 12.8. The van der Waals surface area contributed by atoms with Gasteiger partial charge >= 0.3 is 0 Å². The van der Waals surface area contributed by atoms with Crippen molar-refractivity contribution in [2.75, 3.05) is 31.6 Å². The summed E-state index contributed by atoms with van der Waals surface area (Å²) in [7, 11) is -3.77. The van der Waals surface area contributed by atoms with E-state index in [0.29, 0.717) is 30.3 Å². The van der Waals surface area contributed by atoms with E-state index in [9.17, 15) is 18.3 Å². The third kappa shape index (κ3) is 4.91. The predicted molar refractivity (Wildman–Crippen MR) is 119 cm³/mol. The molecular formula is C23H22N2O6S. The summed E-state index contributed by atoms with van der Waals surface area (Å²) >= 11 is 0. The molecule has 1 saturated heterocycles. The van der Waals surface area contributed by atoms with Gasteiger partial charge in [0, 0.05) is 18.7 Å². The number of ether oxygens (including phenoxy) is 2. The van der Waals surface area contributed by atoms with Crippen molar-refractivity contribution in [1.29, 1.82) is 0 Å². The minimum atomic E-state index is -3.77. The SMILES string of the molecule is O=C(Nc1cc(S(=O)(=O)N2CCOCC2)ccc1O)c1cccc(Oc2ccccc2)c1. The zero-order valence-corrected chi connectivity index (χ0v) is 17.9. The third-order valence-electron chi connectivity index (χ3n) is 4.90. The molecule has 8 nitrogen and oxygen atoms in total. The summed E-state index contributed by atoms with van der Waals surface area (Å²) in [5.74, 6) is 0.344. The van der Waals surface area contributed by atoms with Crippen molar-refractivity contribution in [1.82, 2.24) is 4.31 Å². The lowest BCUT2D eigenvalue weighted by Gasteiger charge is -2.26. The van der Waals surface area contributed by atoms with Gasteiger partial charge in [-0.25, -0.2) is 8.42 Å². The maximum atomic E-state index is 12.9. The molecule has 1 amide bonds. The highest BCUT2D eigenvalue weighted by atomic mass is 32.2. The Morgan fingerprint density at radius 3 is 2.41 bits per heavy atom. The Kier molecular flexibility index (Phi) is 6.40. The maximum Gasteiger partial charge on any atom is 0.255 e. The fourth-order valence-corrected chi connectivity index (χ4v) is 4.67. The second-order valence-corrected chi connectivity index (χ2v) is 9.03. The molecule has 3 aromatic rings. The highest BCUT2D eigenvalue weighted by molar-refractivity contribution is 7.89. The van der Waals surface area contributed by atoms with Crippen molar-refractivity contribution < 1.29 is 27.8 Å². The molecule has 0 aliphatic carbocycles. The van der Waals surface area contributed by atoms with Crippen molar-refractivity contribution in [3.63, 3.8) is 0 Å². The van der Waals surface area contributed by atoms with Crippen molar-refractivity contribution in [3.8, 4) is 17.2 Å². The minimum absolute atomic E-state index is 0.00119. The lowest BCUT2D eigenvalue weighted by atomic mass is 10.2. The Morgan fingerprint density at radius 2 is 1.66 bits per heavy atom. The Bertz CT molecular complexity index is 1210. The van der Waals surface area contributed by atoms with Gasteiger partial charge in [-0.15, -0.1) is 0 Å². The van der Waals surface area contributed by atoms with Crippen LogP contribution in [0.4, 0.5) is 5.69 Å².